The summed E-state index contributed by atoms with van der Waals surface area (Å²) in [6, 6.07) is 4.62. The van der Waals surface area contributed by atoms with Crippen molar-refractivity contribution in [1.29, 1.82) is 0 Å². The largest absolute Gasteiger partial charge is 0.466 e. The van der Waals surface area contributed by atoms with E-state index in [1.807, 2.05) is 13.8 Å². The van der Waals surface area contributed by atoms with Crippen molar-refractivity contribution < 1.29 is 9.53 Å². The van der Waals surface area contributed by atoms with Crippen molar-refractivity contribution in [3.8, 4) is 0 Å². The molecule has 1 rings (SSSR count). The minimum Gasteiger partial charge on any atom is -0.466 e. The molecule has 1 unspecified atom stereocenters. The Morgan fingerprint density at radius 3 is 2.67 bits per heavy atom. The molecule has 0 aliphatic carbocycles. The lowest BCUT2D eigenvalue weighted by atomic mass is 10.1. The minimum atomic E-state index is -0.102. The zero-order valence-corrected chi connectivity index (χ0v) is 12.5. The van der Waals surface area contributed by atoms with Crippen LogP contribution in [-0.4, -0.2) is 30.1 Å². The lowest BCUT2D eigenvalue weighted by Crippen LogP contribution is -2.36. The third kappa shape index (κ3) is 4.78. The summed E-state index contributed by atoms with van der Waals surface area (Å²) in [7, 11) is 0. The fourth-order valence-electron chi connectivity index (χ4n) is 1.77. The van der Waals surface area contributed by atoms with Gasteiger partial charge in [0.2, 0.25) is 0 Å². The summed E-state index contributed by atoms with van der Waals surface area (Å²) in [5.74, 6) is -0.179. The van der Waals surface area contributed by atoms with Crippen molar-refractivity contribution in [2.75, 3.05) is 13.2 Å². The molecule has 102 valence electrons. The second-order valence-electron chi connectivity index (χ2n) is 4.76. The fraction of sp³-hybridized carbons (Fsp3) is 0.643. The quantitative estimate of drug-likeness (QED) is 0.712. The number of nitrogens with zero attached hydrogens (tertiary/aromatic N) is 1. The molecule has 0 N–H and O–H groups in total. The zero-order valence-electron chi connectivity index (χ0n) is 11.7. The van der Waals surface area contributed by atoms with E-state index in [0.717, 1.165) is 13.1 Å². The smallest absolute Gasteiger partial charge is 0.309 e. The monoisotopic (exact) mass is 269 g/mol. The molecule has 0 aromatic carbocycles. The third-order valence-corrected chi connectivity index (χ3v) is 3.73. The van der Waals surface area contributed by atoms with Crippen molar-refractivity contribution >= 4 is 17.3 Å². The van der Waals surface area contributed by atoms with Gasteiger partial charge in [0.25, 0.3) is 0 Å². The van der Waals surface area contributed by atoms with E-state index in [0.29, 0.717) is 12.6 Å². The molecule has 0 amide bonds. The summed E-state index contributed by atoms with van der Waals surface area (Å²) in [5.41, 5.74) is 0. The van der Waals surface area contributed by atoms with Crippen molar-refractivity contribution in [3.63, 3.8) is 0 Å². The summed E-state index contributed by atoms with van der Waals surface area (Å²) >= 11 is 1.76. The Balaban J connectivity index is 2.55. The molecule has 0 aliphatic heterocycles. The highest BCUT2D eigenvalue weighted by Gasteiger charge is 2.20. The van der Waals surface area contributed by atoms with Gasteiger partial charge in [0.05, 0.1) is 12.5 Å². The Hall–Kier alpha value is -0.870. The summed E-state index contributed by atoms with van der Waals surface area (Å²) in [4.78, 5) is 15.3. The van der Waals surface area contributed by atoms with Crippen molar-refractivity contribution in [1.82, 2.24) is 4.90 Å². The number of ether oxygens (including phenoxy) is 1. The van der Waals surface area contributed by atoms with Crippen LogP contribution >= 0.6 is 11.3 Å². The van der Waals surface area contributed by atoms with Gasteiger partial charge in [0.1, 0.15) is 0 Å². The van der Waals surface area contributed by atoms with Gasteiger partial charge in [-0.2, -0.15) is 0 Å². The Labute approximate surface area is 114 Å². The highest BCUT2D eigenvalue weighted by atomic mass is 32.1. The summed E-state index contributed by atoms with van der Waals surface area (Å²) in [5, 5.41) is 2.09. The van der Waals surface area contributed by atoms with Crippen LogP contribution in [0.5, 0.6) is 0 Å². The lowest BCUT2D eigenvalue weighted by molar-refractivity contribution is -0.148. The number of rotatable bonds is 7. The molecule has 0 aliphatic rings. The van der Waals surface area contributed by atoms with Crippen LogP contribution in [0, 0.1) is 5.92 Å². The van der Waals surface area contributed by atoms with Gasteiger partial charge in [-0.05, 0) is 32.2 Å². The van der Waals surface area contributed by atoms with Gasteiger partial charge in [0, 0.05) is 24.0 Å². The first kappa shape index (κ1) is 15.2. The fourth-order valence-corrected chi connectivity index (χ4v) is 2.50. The molecule has 0 fully saturated rings. The van der Waals surface area contributed by atoms with E-state index >= 15 is 0 Å². The van der Waals surface area contributed by atoms with Crippen LogP contribution in [0.1, 0.15) is 32.6 Å². The molecule has 0 bridgehead atoms. The summed E-state index contributed by atoms with van der Waals surface area (Å²) < 4.78 is 5.06. The molecule has 1 aromatic heterocycles. The molecular weight excluding hydrogens is 246 g/mol. The van der Waals surface area contributed by atoms with Gasteiger partial charge in [-0.1, -0.05) is 13.0 Å². The second-order valence-corrected chi connectivity index (χ2v) is 5.79. The van der Waals surface area contributed by atoms with Crippen LogP contribution in [0.15, 0.2) is 17.5 Å². The SMILES string of the molecule is CCOC(=O)C(C)CN(Cc1cccs1)C(C)C. The topological polar surface area (TPSA) is 29.5 Å². The Kier molecular flexibility index (Phi) is 6.36. The van der Waals surface area contributed by atoms with Gasteiger partial charge in [-0.3, -0.25) is 9.69 Å². The van der Waals surface area contributed by atoms with Crippen LogP contribution in [0.3, 0.4) is 0 Å². The number of hydrogen-bond donors (Lipinski definition) is 0. The normalized spacial score (nSPS) is 13.0. The van der Waals surface area contributed by atoms with Crippen molar-refractivity contribution in [3.05, 3.63) is 22.4 Å². The number of thiophene rings is 1. The number of carbonyl (C=O) groups is 1. The van der Waals surface area contributed by atoms with Gasteiger partial charge in [0.15, 0.2) is 0 Å². The molecular formula is C14H23NO2S. The first-order chi connectivity index (χ1) is 8.54. The summed E-state index contributed by atoms with van der Waals surface area (Å²) in [6.07, 6.45) is 0. The molecule has 0 radical (unpaired) electrons. The van der Waals surface area contributed by atoms with E-state index < -0.39 is 0 Å². The second kappa shape index (κ2) is 7.54. The lowest BCUT2D eigenvalue weighted by Gasteiger charge is -2.28. The maximum absolute atomic E-state index is 11.7. The van der Waals surface area contributed by atoms with Crippen molar-refractivity contribution in [2.45, 2.75) is 40.3 Å². The van der Waals surface area contributed by atoms with E-state index in [2.05, 4.69) is 36.3 Å². The standard InChI is InChI=1S/C14H23NO2S/c1-5-17-14(16)12(4)9-15(11(2)3)10-13-7-6-8-18-13/h6-8,11-12H,5,9-10H2,1-4H3. The van der Waals surface area contributed by atoms with Crippen LogP contribution < -0.4 is 0 Å². The van der Waals surface area contributed by atoms with E-state index in [1.165, 1.54) is 4.88 Å². The molecule has 0 spiro atoms. The maximum Gasteiger partial charge on any atom is 0.309 e. The minimum absolute atomic E-state index is 0.0766. The predicted octanol–water partition coefficient (Wildman–Crippen LogP) is 3.16. The maximum atomic E-state index is 11.7. The molecule has 0 saturated heterocycles. The molecule has 4 heteroatoms. The number of carbonyl (C=O) groups excluding carboxylic acids is 1. The molecule has 1 heterocycles. The van der Waals surface area contributed by atoms with E-state index in [4.69, 9.17) is 4.74 Å². The molecule has 1 aromatic rings. The van der Waals surface area contributed by atoms with E-state index in [1.54, 1.807) is 11.3 Å². The first-order valence-electron chi connectivity index (χ1n) is 6.47. The molecule has 3 nitrogen and oxygen atoms in total. The van der Waals surface area contributed by atoms with Crippen LogP contribution in [0.4, 0.5) is 0 Å². The van der Waals surface area contributed by atoms with E-state index in [-0.39, 0.29) is 11.9 Å². The van der Waals surface area contributed by atoms with Crippen LogP contribution in [-0.2, 0) is 16.1 Å². The average molecular weight is 269 g/mol. The highest BCUT2D eigenvalue weighted by molar-refractivity contribution is 7.09. The summed E-state index contributed by atoms with van der Waals surface area (Å²) in [6.45, 7) is 10.2. The van der Waals surface area contributed by atoms with Crippen molar-refractivity contribution in [2.24, 2.45) is 5.92 Å². The first-order valence-corrected chi connectivity index (χ1v) is 7.35. The van der Waals surface area contributed by atoms with Gasteiger partial charge >= 0.3 is 5.97 Å². The molecule has 18 heavy (non-hydrogen) atoms. The van der Waals surface area contributed by atoms with Crippen LogP contribution in [0.25, 0.3) is 0 Å². The Bertz CT molecular complexity index is 349. The predicted molar refractivity (Wildman–Crippen MR) is 75.7 cm³/mol. The third-order valence-electron chi connectivity index (χ3n) is 2.87. The zero-order chi connectivity index (χ0) is 13.5. The molecule has 1 atom stereocenters. The number of esters is 1. The number of hydrogen-bond acceptors (Lipinski definition) is 4. The Morgan fingerprint density at radius 1 is 1.44 bits per heavy atom. The molecule has 0 saturated carbocycles. The Morgan fingerprint density at radius 2 is 2.17 bits per heavy atom. The van der Waals surface area contributed by atoms with Crippen LogP contribution in [0.2, 0.25) is 0 Å². The van der Waals surface area contributed by atoms with Gasteiger partial charge < -0.3 is 4.74 Å². The van der Waals surface area contributed by atoms with Gasteiger partial charge in [-0.25, -0.2) is 0 Å². The van der Waals surface area contributed by atoms with Gasteiger partial charge in [-0.15, -0.1) is 11.3 Å². The van der Waals surface area contributed by atoms with E-state index in [9.17, 15) is 4.79 Å². The average Bonchev–Trinajstić information content (AvgIpc) is 2.81. The highest BCUT2D eigenvalue weighted by Crippen LogP contribution is 2.15.